The summed E-state index contributed by atoms with van der Waals surface area (Å²) in [4.78, 5) is 16.1. The maximum atomic E-state index is 11.5. The van der Waals surface area contributed by atoms with Crippen LogP contribution >= 0.6 is 0 Å². The van der Waals surface area contributed by atoms with Gasteiger partial charge in [-0.2, -0.15) is 0 Å². The van der Waals surface area contributed by atoms with Crippen molar-refractivity contribution in [3.63, 3.8) is 0 Å². The highest BCUT2D eigenvalue weighted by Crippen LogP contribution is 2.29. The number of ether oxygens (including phenoxy) is 2. The number of hydrogen-bond acceptors (Lipinski definition) is 4. The van der Waals surface area contributed by atoms with Crippen molar-refractivity contribution < 1.29 is 19.1 Å². The van der Waals surface area contributed by atoms with E-state index in [1.54, 1.807) is 26.4 Å². The minimum absolute atomic E-state index is 0.348. The summed E-state index contributed by atoms with van der Waals surface area (Å²) in [5.74, 6) is 0.848. The molecule has 1 aromatic rings. The van der Waals surface area contributed by atoms with Crippen molar-refractivity contribution in [1.29, 1.82) is 0 Å². The number of methoxy groups -OCH3 is 2. The fraction of sp³-hybridized carbons (Fsp3) is 0.364. The molecule has 0 aromatic heterocycles. The highest BCUT2D eigenvalue weighted by atomic mass is 16.6. The maximum Gasteiger partial charge on any atom is 0.275 e. The molecule has 0 aliphatic heterocycles. The van der Waals surface area contributed by atoms with Crippen LogP contribution in [0.15, 0.2) is 12.1 Å². The predicted molar refractivity (Wildman–Crippen MR) is 58.8 cm³/mol. The molecule has 0 spiro atoms. The van der Waals surface area contributed by atoms with E-state index >= 15 is 0 Å². The third-order valence-electron chi connectivity index (χ3n) is 2.21. The first-order chi connectivity index (χ1) is 7.63. The van der Waals surface area contributed by atoms with Gasteiger partial charge in [0.25, 0.3) is 5.91 Å². The third kappa shape index (κ3) is 2.43. The molecule has 0 radical (unpaired) electrons. The van der Waals surface area contributed by atoms with Gasteiger partial charge in [-0.05, 0) is 19.1 Å². The van der Waals surface area contributed by atoms with Crippen LogP contribution in [0.3, 0.4) is 0 Å². The Hall–Kier alpha value is -1.75. The van der Waals surface area contributed by atoms with Gasteiger partial charge >= 0.3 is 0 Å². The zero-order chi connectivity index (χ0) is 12.1. The average molecular weight is 225 g/mol. The first-order valence-corrected chi connectivity index (χ1v) is 4.70. The molecule has 1 N–H and O–H groups in total. The van der Waals surface area contributed by atoms with E-state index in [0.717, 1.165) is 5.56 Å². The van der Waals surface area contributed by atoms with E-state index in [2.05, 4.69) is 10.3 Å². The van der Waals surface area contributed by atoms with Gasteiger partial charge in [-0.25, -0.2) is 5.48 Å². The Kier molecular flexibility index (Phi) is 4.13. The van der Waals surface area contributed by atoms with E-state index in [1.807, 2.05) is 6.92 Å². The molecular weight excluding hydrogens is 210 g/mol. The van der Waals surface area contributed by atoms with E-state index in [9.17, 15) is 4.79 Å². The van der Waals surface area contributed by atoms with Gasteiger partial charge in [-0.15, -0.1) is 0 Å². The number of benzene rings is 1. The van der Waals surface area contributed by atoms with Crippen LogP contribution in [0.25, 0.3) is 0 Å². The van der Waals surface area contributed by atoms with Crippen LogP contribution in [0.1, 0.15) is 15.9 Å². The van der Waals surface area contributed by atoms with Gasteiger partial charge in [0.1, 0.15) is 11.5 Å². The van der Waals surface area contributed by atoms with Gasteiger partial charge < -0.3 is 9.47 Å². The quantitative estimate of drug-likeness (QED) is 0.785. The van der Waals surface area contributed by atoms with Crippen molar-refractivity contribution in [1.82, 2.24) is 5.48 Å². The smallest absolute Gasteiger partial charge is 0.275 e. The van der Waals surface area contributed by atoms with E-state index in [1.165, 1.54) is 7.11 Å². The Morgan fingerprint density at radius 2 is 1.62 bits per heavy atom. The van der Waals surface area contributed by atoms with Crippen LogP contribution in [0.4, 0.5) is 0 Å². The second-order valence-corrected chi connectivity index (χ2v) is 3.14. The molecule has 0 unspecified atom stereocenters. The van der Waals surface area contributed by atoms with E-state index in [-0.39, 0.29) is 5.91 Å². The van der Waals surface area contributed by atoms with Crippen molar-refractivity contribution in [2.45, 2.75) is 6.92 Å². The summed E-state index contributed by atoms with van der Waals surface area (Å²) in [6.07, 6.45) is 0. The molecule has 1 amide bonds. The van der Waals surface area contributed by atoms with Crippen molar-refractivity contribution in [3.8, 4) is 11.5 Å². The molecule has 88 valence electrons. The summed E-state index contributed by atoms with van der Waals surface area (Å²) >= 11 is 0. The second kappa shape index (κ2) is 5.37. The fourth-order valence-corrected chi connectivity index (χ4v) is 1.37. The van der Waals surface area contributed by atoms with Crippen LogP contribution in [-0.2, 0) is 4.84 Å². The summed E-state index contributed by atoms with van der Waals surface area (Å²) in [6.45, 7) is 1.86. The summed E-state index contributed by atoms with van der Waals surface area (Å²) in [6, 6.07) is 3.26. The Bertz CT molecular complexity index is 365. The highest BCUT2D eigenvalue weighted by molar-refractivity contribution is 5.94. The molecule has 0 aliphatic rings. The Balaban J connectivity index is 3.16. The molecule has 0 aliphatic carbocycles. The average Bonchev–Trinajstić information content (AvgIpc) is 2.29. The lowest BCUT2D eigenvalue weighted by Crippen LogP contribution is -2.21. The second-order valence-electron chi connectivity index (χ2n) is 3.14. The van der Waals surface area contributed by atoms with Gasteiger partial charge in [0.15, 0.2) is 0 Å². The zero-order valence-corrected chi connectivity index (χ0v) is 9.79. The zero-order valence-electron chi connectivity index (χ0n) is 9.79. The van der Waals surface area contributed by atoms with Crippen LogP contribution in [-0.4, -0.2) is 27.2 Å². The first-order valence-electron chi connectivity index (χ1n) is 4.70. The molecule has 1 rings (SSSR count). The minimum Gasteiger partial charge on any atom is -0.496 e. The summed E-state index contributed by atoms with van der Waals surface area (Å²) in [5, 5.41) is 0. The Morgan fingerprint density at radius 3 is 2.00 bits per heavy atom. The molecule has 1 aromatic carbocycles. The Labute approximate surface area is 94.3 Å². The number of hydroxylamine groups is 1. The third-order valence-corrected chi connectivity index (χ3v) is 2.21. The minimum atomic E-state index is -0.348. The number of hydrogen-bond donors (Lipinski definition) is 1. The molecule has 0 heterocycles. The number of carbonyl (C=O) groups excluding carboxylic acids is 1. The lowest BCUT2D eigenvalue weighted by Gasteiger charge is -2.12. The lowest BCUT2D eigenvalue weighted by molar-refractivity contribution is 0.0537. The SMILES string of the molecule is CONC(=O)c1cc(OC)c(C)c(OC)c1. The van der Waals surface area contributed by atoms with Crippen LogP contribution < -0.4 is 15.0 Å². The van der Waals surface area contributed by atoms with E-state index < -0.39 is 0 Å². The summed E-state index contributed by atoms with van der Waals surface area (Å²) in [5.41, 5.74) is 3.50. The van der Waals surface area contributed by atoms with Gasteiger partial charge in [0.2, 0.25) is 0 Å². The van der Waals surface area contributed by atoms with Gasteiger partial charge in [0, 0.05) is 11.1 Å². The van der Waals surface area contributed by atoms with Gasteiger partial charge in [0.05, 0.1) is 21.3 Å². The molecule has 16 heavy (non-hydrogen) atoms. The van der Waals surface area contributed by atoms with Gasteiger partial charge in [-0.1, -0.05) is 0 Å². The summed E-state index contributed by atoms with van der Waals surface area (Å²) in [7, 11) is 4.46. The topological polar surface area (TPSA) is 56.8 Å². The monoisotopic (exact) mass is 225 g/mol. The van der Waals surface area contributed by atoms with Crippen molar-refractivity contribution in [3.05, 3.63) is 23.3 Å². The normalized spacial score (nSPS) is 9.75. The highest BCUT2D eigenvalue weighted by Gasteiger charge is 2.13. The number of rotatable bonds is 4. The molecule has 5 heteroatoms. The van der Waals surface area contributed by atoms with Gasteiger partial charge in [-0.3, -0.25) is 9.63 Å². The van der Waals surface area contributed by atoms with Crippen molar-refractivity contribution in [2.24, 2.45) is 0 Å². The standard InChI is InChI=1S/C11H15NO4/c1-7-9(14-2)5-8(6-10(7)15-3)11(13)12-16-4/h5-6H,1-4H3,(H,12,13). The molecule has 0 saturated carbocycles. The van der Waals surface area contributed by atoms with E-state index in [4.69, 9.17) is 9.47 Å². The molecule has 0 bridgehead atoms. The van der Waals surface area contributed by atoms with Crippen molar-refractivity contribution >= 4 is 5.91 Å². The number of carbonyl (C=O) groups is 1. The fourth-order valence-electron chi connectivity index (χ4n) is 1.37. The first kappa shape index (κ1) is 12.3. The van der Waals surface area contributed by atoms with Crippen molar-refractivity contribution in [2.75, 3.05) is 21.3 Å². The number of amides is 1. The molecule has 0 fully saturated rings. The van der Waals surface area contributed by atoms with Crippen LogP contribution in [0, 0.1) is 6.92 Å². The molecule has 5 nitrogen and oxygen atoms in total. The lowest BCUT2D eigenvalue weighted by atomic mass is 10.1. The summed E-state index contributed by atoms with van der Waals surface area (Å²) < 4.78 is 10.3. The molecule has 0 atom stereocenters. The predicted octanol–water partition coefficient (Wildman–Crippen LogP) is 1.30. The van der Waals surface area contributed by atoms with Crippen LogP contribution in [0.5, 0.6) is 11.5 Å². The van der Waals surface area contributed by atoms with E-state index in [0.29, 0.717) is 17.1 Å². The number of nitrogens with one attached hydrogen (secondary N) is 1. The molecular formula is C11H15NO4. The largest absolute Gasteiger partial charge is 0.496 e. The Morgan fingerprint density at radius 1 is 1.12 bits per heavy atom. The molecule has 0 saturated heterocycles. The maximum absolute atomic E-state index is 11.5. The van der Waals surface area contributed by atoms with Crippen LogP contribution in [0.2, 0.25) is 0 Å².